The van der Waals surface area contributed by atoms with Gasteiger partial charge in [-0.3, -0.25) is 0 Å². The minimum absolute atomic E-state index is 0.181. The molecule has 0 radical (unpaired) electrons. The van der Waals surface area contributed by atoms with Gasteiger partial charge < -0.3 is 10.2 Å². The summed E-state index contributed by atoms with van der Waals surface area (Å²) < 4.78 is 0. The molecule has 2 nitrogen and oxygen atoms in total. The van der Waals surface area contributed by atoms with Crippen molar-refractivity contribution in [1.82, 2.24) is 0 Å². The SMILES string of the molecule is Cc1ccc(O)c(CCCC(O)(C(C)(C)C)C(C)(C)C)c1. The Hall–Kier alpha value is -1.02. The second-order valence-corrected chi connectivity index (χ2v) is 8.35. The van der Waals surface area contributed by atoms with E-state index in [4.69, 9.17) is 0 Å². The van der Waals surface area contributed by atoms with Crippen LogP contribution < -0.4 is 0 Å². The highest BCUT2D eigenvalue weighted by atomic mass is 16.3. The lowest BCUT2D eigenvalue weighted by Crippen LogP contribution is -2.53. The number of aromatic hydroxyl groups is 1. The van der Waals surface area contributed by atoms with Crippen molar-refractivity contribution in [3.8, 4) is 5.75 Å². The van der Waals surface area contributed by atoms with Crippen LogP contribution >= 0.6 is 0 Å². The van der Waals surface area contributed by atoms with E-state index in [2.05, 4.69) is 41.5 Å². The fourth-order valence-electron chi connectivity index (χ4n) is 3.32. The Morgan fingerprint density at radius 1 is 0.952 bits per heavy atom. The molecule has 1 aromatic carbocycles. The molecule has 0 unspecified atom stereocenters. The van der Waals surface area contributed by atoms with Crippen molar-refractivity contribution in [3.05, 3.63) is 29.3 Å². The van der Waals surface area contributed by atoms with Crippen molar-refractivity contribution in [2.45, 2.75) is 73.3 Å². The second kappa shape index (κ2) is 6.00. The van der Waals surface area contributed by atoms with Crippen molar-refractivity contribution >= 4 is 0 Å². The van der Waals surface area contributed by atoms with Gasteiger partial charge in [-0.25, -0.2) is 0 Å². The van der Waals surface area contributed by atoms with Gasteiger partial charge in [-0.15, -0.1) is 0 Å². The van der Waals surface area contributed by atoms with E-state index in [0.717, 1.165) is 30.4 Å². The van der Waals surface area contributed by atoms with Gasteiger partial charge in [0.05, 0.1) is 5.60 Å². The molecule has 0 saturated heterocycles. The average molecular weight is 292 g/mol. The second-order valence-electron chi connectivity index (χ2n) is 8.35. The number of hydrogen-bond donors (Lipinski definition) is 2. The molecule has 1 aromatic rings. The van der Waals surface area contributed by atoms with Crippen molar-refractivity contribution in [2.75, 3.05) is 0 Å². The Balaban J connectivity index is 2.83. The fraction of sp³-hybridized carbons (Fsp3) is 0.684. The van der Waals surface area contributed by atoms with Gasteiger partial charge in [0.15, 0.2) is 0 Å². The molecule has 0 fully saturated rings. The van der Waals surface area contributed by atoms with Gasteiger partial charge in [0.25, 0.3) is 0 Å². The van der Waals surface area contributed by atoms with Crippen LogP contribution in [-0.4, -0.2) is 15.8 Å². The highest BCUT2D eigenvalue weighted by molar-refractivity contribution is 5.35. The van der Waals surface area contributed by atoms with Crippen molar-refractivity contribution in [3.63, 3.8) is 0 Å². The molecule has 2 N–H and O–H groups in total. The van der Waals surface area contributed by atoms with Crippen LogP contribution in [0.15, 0.2) is 18.2 Å². The Morgan fingerprint density at radius 3 is 1.95 bits per heavy atom. The molecule has 0 aliphatic rings. The summed E-state index contributed by atoms with van der Waals surface area (Å²) in [5, 5.41) is 21.1. The summed E-state index contributed by atoms with van der Waals surface area (Å²) in [5.41, 5.74) is 1.03. The first-order valence-corrected chi connectivity index (χ1v) is 7.89. The van der Waals surface area contributed by atoms with Crippen LogP contribution in [0.3, 0.4) is 0 Å². The zero-order valence-corrected chi connectivity index (χ0v) is 14.7. The van der Waals surface area contributed by atoms with Crippen molar-refractivity contribution in [2.24, 2.45) is 10.8 Å². The van der Waals surface area contributed by atoms with Crippen molar-refractivity contribution in [1.29, 1.82) is 0 Å². The van der Waals surface area contributed by atoms with Crippen molar-refractivity contribution < 1.29 is 10.2 Å². The van der Waals surface area contributed by atoms with Gasteiger partial charge in [-0.05, 0) is 48.6 Å². The van der Waals surface area contributed by atoms with E-state index in [-0.39, 0.29) is 10.8 Å². The minimum Gasteiger partial charge on any atom is -0.508 e. The first-order valence-electron chi connectivity index (χ1n) is 7.89. The van der Waals surface area contributed by atoms with E-state index in [1.54, 1.807) is 6.07 Å². The molecule has 0 bridgehead atoms. The van der Waals surface area contributed by atoms with E-state index in [0.29, 0.717) is 5.75 Å². The topological polar surface area (TPSA) is 40.5 Å². The van der Waals surface area contributed by atoms with Gasteiger partial charge >= 0.3 is 0 Å². The molecular weight excluding hydrogens is 260 g/mol. The smallest absolute Gasteiger partial charge is 0.118 e. The largest absolute Gasteiger partial charge is 0.508 e. The van der Waals surface area contributed by atoms with E-state index in [9.17, 15) is 10.2 Å². The van der Waals surface area contributed by atoms with Crippen LogP contribution in [0.2, 0.25) is 0 Å². The normalized spacial score (nSPS) is 13.5. The summed E-state index contributed by atoms with van der Waals surface area (Å²) in [6.07, 6.45) is 2.39. The quantitative estimate of drug-likeness (QED) is 0.833. The predicted octanol–water partition coefficient (Wildman–Crippen LogP) is 4.85. The maximum Gasteiger partial charge on any atom is 0.118 e. The maximum atomic E-state index is 11.2. The van der Waals surface area contributed by atoms with Crippen LogP contribution in [0.25, 0.3) is 0 Å². The Kier molecular flexibility index (Phi) is 5.15. The Labute approximate surface area is 130 Å². The number of aryl methyl sites for hydroxylation is 2. The number of hydrogen-bond acceptors (Lipinski definition) is 2. The highest BCUT2D eigenvalue weighted by Gasteiger charge is 2.48. The van der Waals surface area contributed by atoms with E-state index in [1.807, 2.05) is 19.1 Å². The van der Waals surface area contributed by atoms with E-state index >= 15 is 0 Å². The Morgan fingerprint density at radius 2 is 1.48 bits per heavy atom. The number of aliphatic hydroxyl groups is 1. The molecular formula is C19H32O2. The monoisotopic (exact) mass is 292 g/mol. The standard InChI is InChI=1S/C19H32O2/c1-14-10-11-16(20)15(13-14)9-8-12-19(21,17(2,3)4)18(5,6)7/h10-11,13,20-21H,8-9,12H2,1-7H3. The Bertz CT molecular complexity index is 461. The summed E-state index contributed by atoms with van der Waals surface area (Å²) in [6, 6.07) is 5.70. The van der Waals surface area contributed by atoms with Crippen LogP contribution in [-0.2, 0) is 6.42 Å². The maximum absolute atomic E-state index is 11.2. The molecule has 1 rings (SSSR count). The van der Waals surface area contributed by atoms with Gasteiger partial charge in [-0.2, -0.15) is 0 Å². The molecule has 0 saturated carbocycles. The van der Waals surface area contributed by atoms with E-state index < -0.39 is 5.60 Å². The van der Waals surface area contributed by atoms with Gasteiger partial charge in [0.1, 0.15) is 5.75 Å². The van der Waals surface area contributed by atoms with Crippen LogP contribution in [0.5, 0.6) is 5.75 Å². The zero-order chi connectivity index (χ0) is 16.5. The number of rotatable bonds is 4. The van der Waals surface area contributed by atoms with Crippen LogP contribution in [0.1, 0.15) is 65.5 Å². The zero-order valence-electron chi connectivity index (χ0n) is 14.7. The number of phenolic OH excluding ortho intramolecular Hbond substituents is 1. The van der Waals surface area contributed by atoms with Crippen LogP contribution in [0.4, 0.5) is 0 Å². The summed E-state index contributed by atoms with van der Waals surface area (Å²) in [5.74, 6) is 0.357. The number of phenols is 1. The van der Waals surface area contributed by atoms with Crippen LogP contribution in [0, 0.1) is 17.8 Å². The first kappa shape index (κ1) is 18.0. The molecule has 2 heteroatoms. The summed E-state index contributed by atoms with van der Waals surface area (Å²) >= 11 is 0. The lowest BCUT2D eigenvalue weighted by Gasteiger charge is -2.50. The molecule has 0 heterocycles. The third-order valence-corrected chi connectivity index (χ3v) is 4.70. The molecule has 0 spiro atoms. The molecule has 0 amide bonds. The lowest BCUT2D eigenvalue weighted by molar-refractivity contribution is -0.143. The van der Waals surface area contributed by atoms with Gasteiger partial charge in [0.2, 0.25) is 0 Å². The average Bonchev–Trinajstić information content (AvgIpc) is 2.30. The molecule has 0 aliphatic carbocycles. The molecule has 0 aliphatic heterocycles. The predicted molar refractivity (Wildman–Crippen MR) is 89.6 cm³/mol. The molecule has 120 valence electrons. The summed E-state index contributed by atoms with van der Waals surface area (Å²) in [4.78, 5) is 0. The first-order chi connectivity index (χ1) is 9.38. The fourth-order valence-corrected chi connectivity index (χ4v) is 3.32. The van der Waals surface area contributed by atoms with E-state index in [1.165, 1.54) is 0 Å². The third kappa shape index (κ3) is 4.00. The lowest BCUT2D eigenvalue weighted by atomic mass is 9.60. The minimum atomic E-state index is -0.737. The molecule has 0 aromatic heterocycles. The molecule has 0 atom stereocenters. The molecule has 21 heavy (non-hydrogen) atoms. The summed E-state index contributed by atoms with van der Waals surface area (Å²) in [7, 11) is 0. The summed E-state index contributed by atoms with van der Waals surface area (Å²) in [6.45, 7) is 14.6. The highest BCUT2D eigenvalue weighted by Crippen LogP contribution is 2.47. The van der Waals surface area contributed by atoms with Gasteiger partial charge in [-0.1, -0.05) is 59.2 Å². The third-order valence-electron chi connectivity index (χ3n) is 4.70. The number of benzene rings is 1. The van der Waals surface area contributed by atoms with Gasteiger partial charge in [0, 0.05) is 0 Å².